The molecule has 3 rings (SSSR count). The summed E-state index contributed by atoms with van der Waals surface area (Å²) in [5, 5.41) is 6.21. The van der Waals surface area contributed by atoms with E-state index in [9.17, 15) is 14.4 Å². The number of rotatable bonds is 11. The molecular weight excluding hydrogens is 418 g/mol. The Morgan fingerprint density at radius 2 is 1.88 bits per heavy atom. The number of cyclic esters (lactones) is 1. The Morgan fingerprint density at radius 3 is 2.45 bits per heavy atom. The largest absolute Gasteiger partial charge is 0.450 e. The maximum atomic E-state index is 12.9. The second-order valence-electron chi connectivity index (χ2n) is 10.2. The zero-order chi connectivity index (χ0) is 24.3. The van der Waals surface area contributed by atoms with Crippen molar-refractivity contribution in [1.29, 1.82) is 0 Å². The van der Waals surface area contributed by atoms with Gasteiger partial charge in [-0.1, -0.05) is 57.5 Å². The molecule has 0 radical (unpaired) electrons. The van der Waals surface area contributed by atoms with E-state index in [0.29, 0.717) is 0 Å². The van der Waals surface area contributed by atoms with Gasteiger partial charge in [-0.3, -0.25) is 14.4 Å². The summed E-state index contributed by atoms with van der Waals surface area (Å²) in [5.41, 5.74) is 6.25. The van der Waals surface area contributed by atoms with Gasteiger partial charge >= 0.3 is 5.97 Å². The summed E-state index contributed by atoms with van der Waals surface area (Å²) >= 11 is 0. The zero-order valence-electron chi connectivity index (χ0n) is 20.5. The molecule has 1 aromatic rings. The van der Waals surface area contributed by atoms with Crippen LogP contribution >= 0.6 is 0 Å². The molecule has 1 aromatic carbocycles. The van der Waals surface area contributed by atoms with Gasteiger partial charge in [0.05, 0.1) is 6.04 Å². The molecule has 0 spiro atoms. The van der Waals surface area contributed by atoms with Crippen LogP contribution in [0, 0.1) is 23.2 Å². The fraction of sp³-hybridized carbons (Fsp3) is 0.654. The SMILES string of the molecule is CC[C@H](C)[C@]1(C)C(=O)O[C@H]1C(=O)N[C@H]1C[C@H]1[C@@H](C)[C@@H](CCc1ccccc1)NC(=O)[C@H](C)N. The summed E-state index contributed by atoms with van der Waals surface area (Å²) in [5.74, 6) is -0.165. The van der Waals surface area contributed by atoms with Crippen molar-refractivity contribution >= 4 is 17.8 Å². The van der Waals surface area contributed by atoms with Crippen molar-refractivity contribution in [3.8, 4) is 0 Å². The molecular formula is C26H39N3O4. The van der Waals surface area contributed by atoms with Crippen LogP contribution in [-0.4, -0.2) is 42.0 Å². The van der Waals surface area contributed by atoms with Crippen LogP contribution in [-0.2, 0) is 25.5 Å². The van der Waals surface area contributed by atoms with Gasteiger partial charge in [-0.05, 0) is 56.4 Å². The van der Waals surface area contributed by atoms with E-state index < -0.39 is 17.6 Å². The molecule has 1 heterocycles. The lowest BCUT2D eigenvalue weighted by molar-refractivity contribution is -0.213. The number of carbonyl (C=O) groups excluding carboxylic acids is 3. The third-order valence-electron chi connectivity index (χ3n) is 7.89. The second kappa shape index (κ2) is 10.2. The fourth-order valence-electron chi connectivity index (χ4n) is 4.88. The smallest absolute Gasteiger partial charge is 0.317 e. The van der Waals surface area contributed by atoms with Gasteiger partial charge in [-0.25, -0.2) is 0 Å². The molecule has 2 amide bonds. The summed E-state index contributed by atoms with van der Waals surface area (Å²) in [6.45, 7) is 9.64. The summed E-state index contributed by atoms with van der Waals surface area (Å²) in [6.07, 6.45) is 2.57. The highest BCUT2D eigenvalue weighted by Gasteiger charge is 2.61. The maximum Gasteiger partial charge on any atom is 0.317 e. The lowest BCUT2D eigenvalue weighted by Crippen LogP contribution is -2.64. The summed E-state index contributed by atoms with van der Waals surface area (Å²) in [4.78, 5) is 37.4. The van der Waals surface area contributed by atoms with Gasteiger partial charge < -0.3 is 21.1 Å². The number of nitrogens with two attached hydrogens (primary N) is 1. The molecule has 1 aliphatic heterocycles. The summed E-state index contributed by atoms with van der Waals surface area (Å²) in [7, 11) is 0. The zero-order valence-corrected chi connectivity index (χ0v) is 20.5. The number of nitrogens with one attached hydrogen (secondary N) is 2. The molecule has 7 nitrogen and oxygen atoms in total. The third kappa shape index (κ3) is 5.40. The topological polar surface area (TPSA) is 111 Å². The van der Waals surface area contributed by atoms with Gasteiger partial charge in [-0.2, -0.15) is 0 Å². The number of hydrogen-bond donors (Lipinski definition) is 3. The predicted octanol–water partition coefficient (Wildman–Crippen LogP) is 2.57. The van der Waals surface area contributed by atoms with E-state index in [4.69, 9.17) is 10.5 Å². The molecule has 33 heavy (non-hydrogen) atoms. The lowest BCUT2D eigenvalue weighted by atomic mass is 9.68. The maximum absolute atomic E-state index is 12.9. The number of ether oxygens (including phenoxy) is 1. The van der Waals surface area contributed by atoms with E-state index in [1.54, 1.807) is 6.92 Å². The molecule has 8 atom stereocenters. The fourth-order valence-corrected chi connectivity index (χ4v) is 4.88. The number of hydrogen-bond acceptors (Lipinski definition) is 5. The number of carbonyl (C=O) groups is 3. The number of benzene rings is 1. The highest BCUT2D eigenvalue weighted by atomic mass is 16.6. The van der Waals surface area contributed by atoms with Crippen molar-refractivity contribution in [1.82, 2.24) is 10.6 Å². The normalized spacial score (nSPS) is 29.6. The van der Waals surface area contributed by atoms with Crippen LogP contribution in [0.15, 0.2) is 30.3 Å². The van der Waals surface area contributed by atoms with Crippen LogP contribution in [0.5, 0.6) is 0 Å². The van der Waals surface area contributed by atoms with E-state index in [1.807, 2.05) is 39.0 Å². The van der Waals surface area contributed by atoms with Crippen LogP contribution in [0.2, 0.25) is 0 Å². The van der Waals surface area contributed by atoms with Gasteiger partial charge in [0.1, 0.15) is 5.41 Å². The van der Waals surface area contributed by atoms with E-state index in [-0.39, 0.29) is 47.6 Å². The Hall–Kier alpha value is -2.41. The molecule has 1 aliphatic carbocycles. The number of esters is 1. The minimum absolute atomic E-state index is 0.0272. The van der Waals surface area contributed by atoms with Gasteiger partial charge in [-0.15, -0.1) is 0 Å². The molecule has 1 saturated carbocycles. The van der Waals surface area contributed by atoms with Crippen LogP contribution in [0.4, 0.5) is 0 Å². The van der Waals surface area contributed by atoms with E-state index in [2.05, 4.69) is 29.7 Å². The molecule has 0 unspecified atom stereocenters. The van der Waals surface area contributed by atoms with Crippen molar-refractivity contribution in [2.45, 2.75) is 84.5 Å². The highest BCUT2D eigenvalue weighted by molar-refractivity contribution is 5.97. The predicted molar refractivity (Wildman–Crippen MR) is 127 cm³/mol. The van der Waals surface area contributed by atoms with Gasteiger partial charge in [0.15, 0.2) is 6.10 Å². The standard InChI is InChI=1S/C26H39N3O4/c1-6-15(2)26(5)22(33-25(26)32)24(31)29-21-14-19(21)16(3)20(28-23(30)17(4)27)13-12-18-10-8-7-9-11-18/h7-11,15-17,19-22H,6,12-14,27H2,1-5H3,(H,28,30)(H,29,31)/t15-,16+,17-,19-,20+,21-,22-,26-/m0/s1. The average molecular weight is 458 g/mol. The molecule has 2 fully saturated rings. The Labute approximate surface area is 197 Å². The first kappa shape index (κ1) is 25.2. The van der Waals surface area contributed by atoms with Crippen molar-refractivity contribution in [2.24, 2.45) is 28.9 Å². The molecule has 0 bridgehead atoms. The summed E-state index contributed by atoms with van der Waals surface area (Å²) < 4.78 is 5.26. The molecule has 4 N–H and O–H groups in total. The van der Waals surface area contributed by atoms with E-state index in [1.165, 1.54) is 5.56 Å². The highest BCUT2D eigenvalue weighted by Crippen LogP contribution is 2.45. The minimum Gasteiger partial charge on any atom is -0.450 e. The Kier molecular flexibility index (Phi) is 7.83. The first-order chi connectivity index (χ1) is 15.6. The monoisotopic (exact) mass is 457 g/mol. The van der Waals surface area contributed by atoms with Gasteiger partial charge in [0, 0.05) is 12.1 Å². The quantitative estimate of drug-likeness (QED) is 0.442. The van der Waals surface area contributed by atoms with Crippen molar-refractivity contribution in [3.05, 3.63) is 35.9 Å². The van der Waals surface area contributed by atoms with E-state index >= 15 is 0 Å². The first-order valence-corrected chi connectivity index (χ1v) is 12.2. The molecule has 1 saturated heterocycles. The minimum atomic E-state index is -0.766. The van der Waals surface area contributed by atoms with Crippen molar-refractivity contribution in [3.63, 3.8) is 0 Å². The first-order valence-electron chi connectivity index (χ1n) is 12.2. The van der Waals surface area contributed by atoms with Gasteiger partial charge in [0.2, 0.25) is 5.91 Å². The number of aryl methyl sites for hydroxylation is 1. The Balaban J connectivity index is 1.59. The summed E-state index contributed by atoms with van der Waals surface area (Å²) in [6, 6.07) is 9.61. The molecule has 7 heteroatoms. The van der Waals surface area contributed by atoms with Crippen LogP contribution in [0.1, 0.15) is 59.4 Å². The Bertz CT molecular complexity index is 858. The van der Waals surface area contributed by atoms with Crippen LogP contribution < -0.4 is 16.4 Å². The van der Waals surface area contributed by atoms with Crippen LogP contribution in [0.3, 0.4) is 0 Å². The lowest BCUT2D eigenvalue weighted by Gasteiger charge is -2.46. The second-order valence-corrected chi connectivity index (χ2v) is 10.2. The van der Waals surface area contributed by atoms with Crippen molar-refractivity contribution in [2.75, 3.05) is 0 Å². The van der Waals surface area contributed by atoms with Gasteiger partial charge in [0.25, 0.3) is 5.91 Å². The Morgan fingerprint density at radius 1 is 1.21 bits per heavy atom. The number of amides is 2. The van der Waals surface area contributed by atoms with Crippen molar-refractivity contribution < 1.29 is 19.1 Å². The average Bonchev–Trinajstić information content (AvgIpc) is 3.57. The van der Waals surface area contributed by atoms with Crippen LogP contribution in [0.25, 0.3) is 0 Å². The molecule has 0 aromatic heterocycles. The molecule has 182 valence electrons. The molecule has 2 aliphatic rings. The third-order valence-corrected chi connectivity index (χ3v) is 7.89. The van der Waals surface area contributed by atoms with E-state index in [0.717, 1.165) is 25.7 Å².